The first-order valence-corrected chi connectivity index (χ1v) is 11.0. The van der Waals surface area contributed by atoms with Crippen molar-refractivity contribution in [2.75, 3.05) is 4.90 Å². The molecule has 0 saturated heterocycles. The van der Waals surface area contributed by atoms with Crippen LogP contribution in [0.3, 0.4) is 0 Å². The lowest BCUT2D eigenvalue weighted by Gasteiger charge is -2.35. The van der Waals surface area contributed by atoms with Crippen molar-refractivity contribution in [3.8, 4) is 11.4 Å². The van der Waals surface area contributed by atoms with E-state index >= 15 is 0 Å². The number of hydrogen-bond donors (Lipinski definition) is 1. The molecule has 0 radical (unpaired) electrons. The summed E-state index contributed by atoms with van der Waals surface area (Å²) in [6.07, 6.45) is 0. The number of halogens is 1. The van der Waals surface area contributed by atoms with Crippen molar-refractivity contribution in [2.24, 2.45) is 0 Å². The number of nitrogens with one attached hydrogen (secondary N) is 1. The van der Waals surface area contributed by atoms with E-state index in [4.69, 9.17) is 4.52 Å². The second-order valence-corrected chi connectivity index (χ2v) is 8.35. The van der Waals surface area contributed by atoms with Crippen molar-refractivity contribution in [1.29, 1.82) is 0 Å². The molecule has 2 amide bonds. The van der Waals surface area contributed by atoms with Gasteiger partial charge in [0.15, 0.2) is 0 Å². The number of urea groups is 1. The zero-order chi connectivity index (χ0) is 23.8. The minimum absolute atomic E-state index is 0.312. The van der Waals surface area contributed by atoms with E-state index in [1.54, 1.807) is 19.1 Å². The van der Waals surface area contributed by atoms with Crippen LogP contribution in [0.25, 0.3) is 17.0 Å². The van der Waals surface area contributed by atoms with Gasteiger partial charge in [0.2, 0.25) is 5.82 Å². The Hall–Kier alpha value is -4.26. The Morgan fingerprint density at radius 3 is 2.50 bits per heavy atom. The molecule has 6 nitrogen and oxygen atoms in total. The highest BCUT2D eigenvalue weighted by atomic mass is 19.1. The van der Waals surface area contributed by atoms with Crippen LogP contribution >= 0.6 is 0 Å². The predicted molar refractivity (Wildman–Crippen MR) is 128 cm³/mol. The molecule has 5 rings (SSSR count). The second kappa shape index (κ2) is 8.59. The Morgan fingerprint density at radius 2 is 1.76 bits per heavy atom. The normalized spacial score (nSPS) is 16.1. The van der Waals surface area contributed by atoms with Gasteiger partial charge in [0, 0.05) is 11.3 Å². The summed E-state index contributed by atoms with van der Waals surface area (Å²) in [6, 6.07) is 21.2. The largest absolute Gasteiger partial charge is 0.334 e. The molecule has 1 aromatic heterocycles. The molecule has 2 heterocycles. The first-order chi connectivity index (χ1) is 16.4. The van der Waals surface area contributed by atoms with Crippen molar-refractivity contribution < 1.29 is 13.7 Å². The van der Waals surface area contributed by atoms with Crippen molar-refractivity contribution >= 4 is 17.3 Å². The summed E-state index contributed by atoms with van der Waals surface area (Å²) in [5.41, 5.74) is 5.12. The molecular formula is C27H23FN4O2. The molecule has 3 aromatic carbocycles. The van der Waals surface area contributed by atoms with Gasteiger partial charge in [0.1, 0.15) is 5.82 Å². The van der Waals surface area contributed by atoms with Gasteiger partial charge in [-0.3, -0.25) is 4.90 Å². The third-order valence-electron chi connectivity index (χ3n) is 5.95. The van der Waals surface area contributed by atoms with Crippen LogP contribution in [0.5, 0.6) is 0 Å². The van der Waals surface area contributed by atoms with Crippen LogP contribution in [0.4, 0.5) is 14.9 Å². The molecule has 1 unspecified atom stereocenters. The highest BCUT2D eigenvalue weighted by Crippen LogP contribution is 2.39. The molecule has 1 N–H and O–H groups in total. The molecule has 0 spiro atoms. The summed E-state index contributed by atoms with van der Waals surface area (Å²) < 4.78 is 19.6. The van der Waals surface area contributed by atoms with Crippen LogP contribution < -0.4 is 10.2 Å². The number of carbonyl (C=O) groups is 1. The molecule has 170 valence electrons. The molecule has 1 aliphatic heterocycles. The van der Waals surface area contributed by atoms with Crippen molar-refractivity contribution in [1.82, 2.24) is 15.5 Å². The van der Waals surface area contributed by atoms with E-state index in [-0.39, 0.29) is 11.8 Å². The van der Waals surface area contributed by atoms with Crippen molar-refractivity contribution in [2.45, 2.75) is 26.8 Å². The standard InChI is InChI=1S/C27H23FN4O2/c1-16-8-7-11-20(14-16)25-30-26(34-31-25)23-18(3)32(21-12-13-22(28)17(2)15-21)27(33)29-24(23)19-9-5-4-6-10-19/h4-15,24H,1-3H3,(H,29,33). The molecular weight excluding hydrogens is 431 g/mol. The topological polar surface area (TPSA) is 71.3 Å². The maximum Gasteiger partial charge on any atom is 0.326 e. The van der Waals surface area contributed by atoms with Gasteiger partial charge in [0.05, 0.1) is 17.3 Å². The number of benzene rings is 3. The monoisotopic (exact) mass is 454 g/mol. The Morgan fingerprint density at radius 1 is 0.971 bits per heavy atom. The summed E-state index contributed by atoms with van der Waals surface area (Å²) in [6.45, 7) is 5.50. The Labute approximate surface area is 196 Å². The van der Waals surface area contributed by atoms with E-state index in [2.05, 4.69) is 15.5 Å². The van der Waals surface area contributed by atoms with E-state index in [0.717, 1.165) is 16.7 Å². The Balaban J connectivity index is 1.66. The zero-order valence-corrected chi connectivity index (χ0v) is 19.0. The molecule has 4 aromatic rings. The number of nitrogens with zero attached hydrogens (tertiary/aromatic N) is 3. The lowest BCUT2D eigenvalue weighted by molar-refractivity contribution is 0.244. The number of anilines is 1. The van der Waals surface area contributed by atoms with Gasteiger partial charge in [0.25, 0.3) is 5.89 Å². The number of rotatable bonds is 4. The number of hydrogen-bond acceptors (Lipinski definition) is 4. The fourth-order valence-electron chi connectivity index (χ4n) is 4.23. The van der Waals surface area contributed by atoms with Crippen LogP contribution in [0.1, 0.15) is 35.5 Å². The lowest BCUT2D eigenvalue weighted by Crippen LogP contribution is -2.46. The number of aromatic nitrogens is 2. The zero-order valence-electron chi connectivity index (χ0n) is 19.0. The summed E-state index contributed by atoms with van der Waals surface area (Å²) in [5, 5.41) is 7.27. The van der Waals surface area contributed by atoms with E-state index in [1.165, 1.54) is 11.0 Å². The molecule has 34 heavy (non-hydrogen) atoms. The average Bonchev–Trinajstić information content (AvgIpc) is 3.31. The number of carbonyl (C=O) groups excluding carboxylic acids is 1. The maximum atomic E-state index is 13.9. The van der Waals surface area contributed by atoms with Crippen LogP contribution in [-0.2, 0) is 0 Å². The first-order valence-electron chi connectivity index (χ1n) is 11.0. The molecule has 1 atom stereocenters. The molecule has 0 bridgehead atoms. The number of amides is 2. The fraction of sp³-hybridized carbons (Fsp3) is 0.148. The highest BCUT2D eigenvalue weighted by molar-refractivity contribution is 6.01. The fourth-order valence-corrected chi connectivity index (χ4v) is 4.23. The summed E-state index contributed by atoms with van der Waals surface area (Å²) in [4.78, 5) is 19.4. The number of allylic oxidation sites excluding steroid dienone is 1. The predicted octanol–water partition coefficient (Wildman–Crippen LogP) is 6.19. The van der Waals surface area contributed by atoms with Gasteiger partial charge in [-0.15, -0.1) is 0 Å². The van der Waals surface area contributed by atoms with Crippen molar-refractivity contribution in [3.05, 3.63) is 107 Å². The van der Waals surface area contributed by atoms with Crippen LogP contribution in [0, 0.1) is 19.7 Å². The highest BCUT2D eigenvalue weighted by Gasteiger charge is 2.36. The molecule has 0 saturated carbocycles. The van der Waals surface area contributed by atoms with E-state index in [0.29, 0.717) is 34.2 Å². The average molecular weight is 455 g/mol. The third kappa shape index (κ3) is 3.85. The number of aryl methyl sites for hydroxylation is 2. The van der Waals surface area contributed by atoms with Gasteiger partial charge in [-0.25, -0.2) is 9.18 Å². The first kappa shape index (κ1) is 21.6. The van der Waals surface area contributed by atoms with Crippen LogP contribution in [0.2, 0.25) is 0 Å². The summed E-state index contributed by atoms with van der Waals surface area (Å²) >= 11 is 0. The lowest BCUT2D eigenvalue weighted by atomic mass is 9.94. The van der Waals surface area contributed by atoms with Gasteiger partial charge >= 0.3 is 6.03 Å². The maximum absolute atomic E-state index is 13.9. The van der Waals surface area contributed by atoms with Gasteiger partial charge in [-0.2, -0.15) is 4.98 Å². The minimum Gasteiger partial charge on any atom is -0.334 e. The van der Waals surface area contributed by atoms with Crippen LogP contribution in [-0.4, -0.2) is 16.2 Å². The van der Waals surface area contributed by atoms with E-state index in [9.17, 15) is 9.18 Å². The van der Waals surface area contributed by atoms with E-state index in [1.807, 2.05) is 68.4 Å². The molecule has 1 aliphatic rings. The van der Waals surface area contributed by atoms with Gasteiger partial charge in [-0.1, -0.05) is 59.3 Å². The molecule has 0 aliphatic carbocycles. The van der Waals surface area contributed by atoms with Crippen molar-refractivity contribution in [3.63, 3.8) is 0 Å². The second-order valence-electron chi connectivity index (χ2n) is 8.35. The molecule has 0 fully saturated rings. The Bertz CT molecular complexity index is 1410. The van der Waals surface area contributed by atoms with Gasteiger partial charge in [-0.05, 0) is 56.2 Å². The SMILES string of the molecule is CC1=C(c2nc(-c3cccc(C)c3)no2)C(c2ccccc2)NC(=O)N1c1ccc(F)c(C)c1. The van der Waals surface area contributed by atoms with E-state index < -0.39 is 6.04 Å². The minimum atomic E-state index is -0.489. The van der Waals surface area contributed by atoms with Gasteiger partial charge < -0.3 is 9.84 Å². The summed E-state index contributed by atoms with van der Waals surface area (Å²) in [7, 11) is 0. The quantitative estimate of drug-likeness (QED) is 0.399. The smallest absolute Gasteiger partial charge is 0.326 e. The Kier molecular flexibility index (Phi) is 5.45. The molecule has 7 heteroatoms. The summed E-state index contributed by atoms with van der Waals surface area (Å²) in [5.74, 6) is 0.448. The van der Waals surface area contributed by atoms with Crippen LogP contribution in [0.15, 0.2) is 83.0 Å². The third-order valence-corrected chi connectivity index (χ3v) is 5.95.